The van der Waals surface area contributed by atoms with Gasteiger partial charge in [-0.25, -0.2) is 0 Å². The Labute approximate surface area is 451 Å². The van der Waals surface area contributed by atoms with Gasteiger partial charge in [-0.1, -0.05) is 285 Å². The minimum atomic E-state index is -0.829. The minimum absolute atomic E-state index is 0.0977. The molecule has 1 atom stereocenters. The van der Waals surface area contributed by atoms with E-state index in [4.69, 9.17) is 14.2 Å². The molecule has 0 rings (SSSR count). The summed E-state index contributed by atoms with van der Waals surface area (Å²) in [5.74, 6) is -1.04. The molecular weight excluding hydrogens is 901 g/mol. The van der Waals surface area contributed by atoms with E-state index in [9.17, 15) is 14.4 Å². The Morgan fingerprint density at radius 2 is 0.575 bits per heavy atom. The van der Waals surface area contributed by atoms with Crippen LogP contribution in [0.5, 0.6) is 0 Å². The Bertz CT molecular complexity index is 1440. The second kappa shape index (κ2) is 60.9. The van der Waals surface area contributed by atoms with Gasteiger partial charge in [-0.3, -0.25) is 14.4 Å². The summed E-state index contributed by atoms with van der Waals surface area (Å²) >= 11 is 0. The van der Waals surface area contributed by atoms with Crippen molar-refractivity contribution in [3.8, 4) is 0 Å². The van der Waals surface area contributed by atoms with Crippen LogP contribution >= 0.6 is 0 Å². The van der Waals surface area contributed by atoms with Gasteiger partial charge < -0.3 is 14.2 Å². The van der Waals surface area contributed by atoms with Crippen molar-refractivity contribution in [2.45, 2.75) is 297 Å². The molecule has 418 valence electrons. The number of carbonyl (C=O) groups excluding carboxylic acids is 3. The number of unbranched alkanes of at least 4 members (excludes halogenated alkanes) is 29. The van der Waals surface area contributed by atoms with Gasteiger partial charge in [0, 0.05) is 12.8 Å². The summed E-state index contributed by atoms with van der Waals surface area (Å²) in [4.78, 5) is 38.0. The standard InChI is InChI=1S/C67H114O6/c1-4-7-10-13-16-19-21-23-25-26-27-28-29-30-31-32-33-34-35-36-37-38-39-40-42-43-45-48-51-54-57-60-66(69)72-63-64(62-71-65(68)59-56-53-50-47-18-15-12-9-6-3)73-67(70)61-58-55-52-49-46-44-41-24-22-20-17-14-11-8-5-2/h8,11,17,20-21,23-24,26-27,29-30,41,46,49,55,58,64H,4-7,9-10,12-16,18-19,22,25,28,31-40,42-45,47-48,50-54,56-57,59-63H2,1-3H3/b11-8-,20-17-,23-21-,27-26-,30-29-,41-24-,49-46-,58-55-. The van der Waals surface area contributed by atoms with Gasteiger partial charge in [0.15, 0.2) is 6.10 Å². The van der Waals surface area contributed by atoms with Gasteiger partial charge in [0.05, 0.1) is 6.42 Å². The van der Waals surface area contributed by atoms with Crippen molar-refractivity contribution >= 4 is 17.9 Å². The van der Waals surface area contributed by atoms with Crippen molar-refractivity contribution < 1.29 is 28.6 Å². The van der Waals surface area contributed by atoms with Gasteiger partial charge in [0.1, 0.15) is 13.2 Å². The summed E-state index contributed by atoms with van der Waals surface area (Å²) in [5.41, 5.74) is 0. The smallest absolute Gasteiger partial charge is 0.310 e. The quantitative estimate of drug-likeness (QED) is 0.0261. The van der Waals surface area contributed by atoms with Crippen molar-refractivity contribution in [1.29, 1.82) is 0 Å². The van der Waals surface area contributed by atoms with Gasteiger partial charge in [0.2, 0.25) is 0 Å². The largest absolute Gasteiger partial charge is 0.462 e. The topological polar surface area (TPSA) is 78.9 Å². The van der Waals surface area contributed by atoms with Gasteiger partial charge >= 0.3 is 17.9 Å². The zero-order chi connectivity index (χ0) is 52.9. The zero-order valence-electron chi connectivity index (χ0n) is 47.9. The van der Waals surface area contributed by atoms with Gasteiger partial charge in [-0.05, 0) is 83.5 Å². The highest BCUT2D eigenvalue weighted by molar-refractivity contribution is 5.72. The molecule has 6 nitrogen and oxygen atoms in total. The molecule has 0 saturated carbocycles. The van der Waals surface area contributed by atoms with Crippen LogP contribution in [0.1, 0.15) is 290 Å². The van der Waals surface area contributed by atoms with E-state index in [1.54, 1.807) is 6.08 Å². The van der Waals surface area contributed by atoms with Crippen LogP contribution in [0, 0.1) is 0 Å². The fraction of sp³-hybridized carbons (Fsp3) is 0.716. The van der Waals surface area contributed by atoms with Gasteiger partial charge in [-0.2, -0.15) is 0 Å². The van der Waals surface area contributed by atoms with Crippen LogP contribution in [0.25, 0.3) is 0 Å². The van der Waals surface area contributed by atoms with Gasteiger partial charge in [0.25, 0.3) is 0 Å². The third-order valence-corrected chi connectivity index (χ3v) is 13.1. The van der Waals surface area contributed by atoms with Crippen molar-refractivity contribution in [3.63, 3.8) is 0 Å². The van der Waals surface area contributed by atoms with Crippen LogP contribution in [0.15, 0.2) is 97.2 Å². The number of rotatable bonds is 55. The van der Waals surface area contributed by atoms with Crippen LogP contribution in [-0.4, -0.2) is 37.2 Å². The molecule has 0 aromatic heterocycles. The molecule has 0 bridgehead atoms. The zero-order valence-corrected chi connectivity index (χ0v) is 47.9. The molecule has 0 N–H and O–H groups in total. The molecule has 1 unspecified atom stereocenters. The third-order valence-electron chi connectivity index (χ3n) is 13.1. The molecule has 0 aromatic rings. The summed E-state index contributed by atoms with van der Waals surface area (Å²) in [5, 5.41) is 0. The average molecular weight is 1020 g/mol. The lowest BCUT2D eigenvalue weighted by atomic mass is 10.0. The van der Waals surface area contributed by atoms with E-state index in [0.29, 0.717) is 12.8 Å². The Kier molecular flexibility index (Phi) is 57.8. The molecular formula is C67H114O6. The molecule has 0 aliphatic rings. The number of hydrogen-bond donors (Lipinski definition) is 0. The van der Waals surface area contributed by atoms with E-state index in [0.717, 1.165) is 83.5 Å². The Morgan fingerprint density at radius 1 is 0.301 bits per heavy atom. The first-order chi connectivity index (χ1) is 36.0. The van der Waals surface area contributed by atoms with Crippen LogP contribution < -0.4 is 0 Å². The van der Waals surface area contributed by atoms with Crippen molar-refractivity contribution in [3.05, 3.63) is 97.2 Å². The Morgan fingerprint density at radius 3 is 0.904 bits per heavy atom. The van der Waals surface area contributed by atoms with E-state index in [-0.39, 0.29) is 31.6 Å². The lowest BCUT2D eigenvalue weighted by molar-refractivity contribution is -0.166. The number of esters is 3. The van der Waals surface area contributed by atoms with E-state index >= 15 is 0 Å². The highest BCUT2D eigenvalue weighted by Gasteiger charge is 2.19. The monoisotopic (exact) mass is 1010 g/mol. The lowest BCUT2D eigenvalue weighted by Gasteiger charge is -2.18. The first-order valence-electron chi connectivity index (χ1n) is 30.7. The maximum atomic E-state index is 12.8. The molecule has 0 saturated heterocycles. The summed E-state index contributed by atoms with van der Waals surface area (Å²) in [6.07, 6.45) is 81.8. The predicted molar refractivity (Wildman–Crippen MR) is 316 cm³/mol. The SMILES string of the molecule is CC/C=C\C/C=C\C/C=C\C/C=C\C/C=C\CC(=O)OC(COC(=O)CCCCCCCCCCC)COC(=O)CCCCCCCCCCCCCCCCCC/C=C\C/C=C\C/C=C\CCCCCCC. The number of ether oxygens (including phenoxy) is 3. The van der Waals surface area contributed by atoms with Crippen LogP contribution in [-0.2, 0) is 28.6 Å². The second-order valence-corrected chi connectivity index (χ2v) is 20.3. The number of carbonyl (C=O) groups is 3. The maximum Gasteiger partial charge on any atom is 0.310 e. The molecule has 0 fully saturated rings. The van der Waals surface area contributed by atoms with Crippen LogP contribution in [0.4, 0.5) is 0 Å². The molecule has 0 spiro atoms. The molecule has 0 aromatic carbocycles. The number of hydrogen-bond acceptors (Lipinski definition) is 6. The highest BCUT2D eigenvalue weighted by atomic mass is 16.6. The third kappa shape index (κ3) is 59.1. The summed E-state index contributed by atoms with van der Waals surface area (Å²) in [6, 6.07) is 0. The van der Waals surface area contributed by atoms with E-state index < -0.39 is 12.1 Å². The summed E-state index contributed by atoms with van der Waals surface area (Å²) in [7, 11) is 0. The van der Waals surface area contributed by atoms with Crippen LogP contribution in [0.3, 0.4) is 0 Å². The maximum absolute atomic E-state index is 12.8. The fourth-order valence-corrected chi connectivity index (χ4v) is 8.53. The highest BCUT2D eigenvalue weighted by Crippen LogP contribution is 2.16. The molecule has 0 aliphatic carbocycles. The van der Waals surface area contributed by atoms with Gasteiger partial charge in [-0.15, -0.1) is 0 Å². The average Bonchev–Trinajstić information content (AvgIpc) is 3.39. The normalized spacial score (nSPS) is 12.8. The second-order valence-electron chi connectivity index (χ2n) is 20.3. The van der Waals surface area contributed by atoms with Crippen molar-refractivity contribution in [2.24, 2.45) is 0 Å². The molecule has 0 radical (unpaired) electrons. The Balaban J connectivity index is 4.17. The molecule has 0 amide bonds. The first-order valence-corrected chi connectivity index (χ1v) is 30.7. The van der Waals surface area contributed by atoms with E-state index in [2.05, 4.69) is 106 Å². The Hall–Kier alpha value is -3.67. The fourth-order valence-electron chi connectivity index (χ4n) is 8.53. The molecule has 0 aliphatic heterocycles. The predicted octanol–water partition coefficient (Wildman–Crippen LogP) is 20.9. The van der Waals surface area contributed by atoms with Crippen LogP contribution in [0.2, 0.25) is 0 Å². The molecule has 6 heteroatoms. The lowest BCUT2D eigenvalue weighted by Crippen LogP contribution is -2.30. The minimum Gasteiger partial charge on any atom is -0.462 e. The summed E-state index contributed by atoms with van der Waals surface area (Å²) in [6.45, 7) is 6.42. The van der Waals surface area contributed by atoms with Crippen molar-refractivity contribution in [2.75, 3.05) is 13.2 Å². The summed E-state index contributed by atoms with van der Waals surface area (Å²) < 4.78 is 16.7. The molecule has 73 heavy (non-hydrogen) atoms. The molecule has 0 heterocycles. The van der Waals surface area contributed by atoms with E-state index in [1.807, 2.05) is 6.08 Å². The first kappa shape index (κ1) is 69.3. The number of allylic oxidation sites excluding steroid dienone is 15. The van der Waals surface area contributed by atoms with E-state index in [1.165, 1.54) is 167 Å². The van der Waals surface area contributed by atoms with Crippen molar-refractivity contribution in [1.82, 2.24) is 0 Å².